The zero-order valence-electron chi connectivity index (χ0n) is 9.93. The summed E-state index contributed by atoms with van der Waals surface area (Å²) in [7, 11) is -3.90. The van der Waals surface area contributed by atoms with E-state index in [1.807, 2.05) is 0 Å². The van der Waals surface area contributed by atoms with Crippen LogP contribution in [0.15, 0.2) is 36.3 Å². The fourth-order valence-electron chi connectivity index (χ4n) is 0.973. The van der Waals surface area contributed by atoms with E-state index >= 15 is 0 Å². The Morgan fingerprint density at radius 1 is 1.37 bits per heavy atom. The summed E-state index contributed by atoms with van der Waals surface area (Å²) >= 11 is 0. The van der Waals surface area contributed by atoms with Crippen LogP contribution >= 0.6 is 0 Å². The molecule has 0 radical (unpaired) electrons. The van der Waals surface area contributed by atoms with Gasteiger partial charge in [0.1, 0.15) is 11.8 Å². The molecule has 0 amide bonds. The molecule has 7 nitrogen and oxygen atoms in total. The van der Waals surface area contributed by atoms with Gasteiger partial charge in [-0.3, -0.25) is 9.35 Å². The van der Waals surface area contributed by atoms with Crippen LogP contribution in [0.4, 0.5) is 0 Å². The van der Waals surface area contributed by atoms with Gasteiger partial charge in [-0.25, -0.2) is 0 Å². The summed E-state index contributed by atoms with van der Waals surface area (Å²) in [5.74, 6) is -0.860. The number of carbonyl (C=O) groups is 1. The molecular weight excluding hydrogens is 274 g/mol. The zero-order chi connectivity index (χ0) is 15.1. The first-order valence-corrected chi connectivity index (χ1v) is 6.52. The van der Waals surface area contributed by atoms with E-state index in [1.165, 1.54) is 12.1 Å². The van der Waals surface area contributed by atoms with Crippen LogP contribution in [0.3, 0.4) is 0 Å². The summed E-state index contributed by atoms with van der Waals surface area (Å²) in [5, 5.41) is 17.9. The van der Waals surface area contributed by atoms with E-state index in [9.17, 15) is 13.2 Å². The molecular formula is C11H15NO6S. The second-order valence-electron chi connectivity index (χ2n) is 3.50. The van der Waals surface area contributed by atoms with Crippen molar-refractivity contribution in [2.45, 2.75) is 12.5 Å². The third-order valence-corrected chi connectivity index (χ3v) is 2.34. The van der Waals surface area contributed by atoms with Crippen LogP contribution in [0, 0.1) is 0 Å². The van der Waals surface area contributed by atoms with Crippen LogP contribution in [0.5, 0.6) is 5.75 Å². The number of hydrogen-bond acceptors (Lipinski definition) is 5. The number of nitrogens with two attached hydrogens (primary N) is 1. The topological polar surface area (TPSA) is 138 Å². The minimum atomic E-state index is -3.90. The molecule has 0 heterocycles. The van der Waals surface area contributed by atoms with Crippen LogP contribution in [0.25, 0.3) is 0 Å². The number of phenols is 1. The first-order chi connectivity index (χ1) is 8.65. The Balaban J connectivity index is 0.000000459. The predicted molar refractivity (Wildman–Crippen MR) is 69.2 cm³/mol. The molecule has 0 saturated carbocycles. The second kappa shape index (κ2) is 7.52. The Morgan fingerprint density at radius 3 is 2.11 bits per heavy atom. The number of carboxylic acid groups (broad SMARTS) is 1. The Morgan fingerprint density at radius 2 is 1.79 bits per heavy atom. The van der Waals surface area contributed by atoms with Crippen molar-refractivity contribution in [2.24, 2.45) is 5.73 Å². The molecule has 1 atom stereocenters. The molecule has 0 fully saturated rings. The summed E-state index contributed by atoms with van der Waals surface area (Å²) in [4.78, 5) is 10.4. The van der Waals surface area contributed by atoms with Gasteiger partial charge >= 0.3 is 5.97 Å². The number of rotatable bonds is 4. The van der Waals surface area contributed by atoms with Crippen molar-refractivity contribution >= 4 is 16.1 Å². The molecule has 19 heavy (non-hydrogen) atoms. The van der Waals surface area contributed by atoms with Crippen LogP contribution in [0.2, 0.25) is 0 Å². The Labute approximate surface area is 110 Å². The predicted octanol–water partition coefficient (Wildman–Crippen LogP) is 0.364. The van der Waals surface area contributed by atoms with Gasteiger partial charge in [0, 0.05) is 0 Å². The number of phenolic OH excluding ortho intramolecular Hbond substituents is 1. The maximum atomic E-state index is 10.4. The molecule has 0 aliphatic rings. The summed E-state index contributed by atoms with van der Waals surface area (Å²) in [5.41, 5.74) is 6.12. The molecule has 8 heteroatoms. The number of aliphatic carboxylic acids is 1. The molecule has 0 spiro atoms. The lowest BCUT2D eigenvalue weighted by Gasteiger charge is -2.05. The number of carboxylic acids is 1. The first kappa shape index (κ1) is 17.1. The molecule has 0 bridgehead atoms. The summed E-state index contributed by atoms with van der Waals surface area (Å²) in [6.45, 7) is 2.79. The molecule has 0 saturated heterocycles. The minimum Gasteiger partial charge on any atom is -0.508 e. The summed E-state index contributed by atoms with van der Waals surface area (Å²) in [6, 6.07) is 5.42. The fraction of sp³-hybridized carbons (Fsp3) is 0.182. The second-order valence-corrected chi connectivity index (χ2v) is 4.86. The maximum Gasteiger partial charge on any atom is 0.320 e. The Kier molecular flexibility index (Phi) is 6.76. The fourth-order valence-corrected chi connectivity index (χ4v) is 0.973. The van der Waals surface area contributed by atoms with Gasteiger partial charge in [0.25, 0.3) is 10.1 Å². The van der Waals surface area contributed by atoms with Gasteiger partial charge in [-0.05, 0) is 24.1 Å². The van der Waals surface area contributed by atoms with Crippen LogP contribution < -0.4 is 5.73 Å². The SMILES string of the molecule is C=CS(=O)(=O)O.NC(Cc1ccc(O)cc1)C(=O)O. The van der Waals surface area contributed by atoms with E-state index in [4.69, 9.17) is 20.5 Å². The standard InChI is InChI=1S/C9H11NO3.C2H4O3S/c10-8(9(12)13)5-6-1-3-7(11)4-2-6;1-2-6(3,4)5/h1-4,8,11H,5,10H2,(H,12,13);2H,1H2,(H,3,4,5). The van der Waals surface area contributed by atoms with Crippen molar-refractivity contribution in [3.63, 3.8) is 0 Å². The van der Waals surface area contributed by atoms with Gasteiger partial charge in [-0.2, -0.15) is 8.42 Å². The third-order valence-electron chi connectivity index (χ3n) is 1.92. The van der Waals surface area contributed by atoms with Crippen LogP contribution in [-0.4, -0.2) is 35.2 Å². The Hall–Kier alpha value is -1.90. The average Bonchev–Trinajstić information content (AvgIpc) is 2.32. The number of hydrogen-bond donors (Lipinski definition) is 4. The van der Waals surface area contributed by atoms with Crippen molar-refractivity contribution in [3.05, 3.63) is 41.8 Å². The molecule has 1 aromatic carbocycles. The molecule has 1 rings (SSSR count). The lowest BCUT2D eigenvalue weighted by atomic mass is 10.1. The van der Waals surface area contributed by atoms with Crippen molar-refractivity contribution < 1.29 is 28.0 Å². The number of aromatic hydroxyl groups is 1. The molecule has 1 aromatic rings. The van der Waals surface area contributed by atoms with Crippen LogP contribution in [0.1, 0.15) is 5.56 Å². The minimum absolute atomic E-state index is 0.160. The van der Waals surface area contributed by atoms with Crippen LogP contribution in [-0.2, 0) is 21.3 Å². The van der Waals surface area contributed by atoms with Crippen molar-refractivity contribution in [2.75, 3.05) is 0 Å². The van der Waals surface area contributed by atoms with Gasteiger partial charge in [0.05, 0.1) is 5.41 Å². The molecule has 0 aliphatic carbocycles. The Bertz CT molecular complexity index is 511. The van der Waals surface area contributed by atoms with Gasteiger partial charge in [0.2, 0.25) is 0 Å². The smallest absolute Gasteiger partial charge is 0.320 e. The highest BCUT2D eigenvalue weighted by Crippen LogP contribution is 2.10. The lowest BCUT2D eigenvalue weighted by Crippen LogP contribution is -2.32. The molecule has 5 N–H and O–H groups in total. The van der Waals surface area contributed by atoms with E-state index in [0.29, 0.717) is 5.41 Å². The van der Waals surface area contributed by atoms with E-state index in [0.717, 1.165) is 5.56 Å². The normalized spacial score (nSPS) is 11.9. The molecule has 1 unspecified atom stereocenters. The highest BCUT2D eigenvalue weighted by atomic mass is 32.2. The van der Waals surface area contributed by atoms with Crippen molar-refractivity contribution in [1.82, 2.24) is 0 Å². The highest BCUT2D eigenvalue weighted by molar-refractivity contribution is 7.88. The van der Waals surface area contributed by atoms with E-state index in [2.05, 4.69) is 6.58 Å². The first-order valence-electron chi connectivity index (χ1n) is 5.02. The van der Waals surface area contributed by atoms with Crippen molar-refractivity contribution in [3.8, 4) is 5.75 Å². The van der Waals surface area contributed by atoms with E-state index in [1.54, 1.807) is 12.1 Å². The molecule has 0 aliphatic heterocycles. The monoisotopic (exact) mass is 289 g/mol. The molecule has 106 valence electrons. The lowest BCUT2D eigenvalue weighted by molar-refractivity contribution is -0.138. The van der Waals surface area contributed by atoms with E-state index < -0.39 is 22.1 Å². The van der Waals surface area contributed by atoms with Gasteiger partial charge in [-0.15, -0.1) is 0 Å². The highest BCUT2D eigenvalue weighted by Gasteiger charge is 2.11. The quantitative estimate of drug-likeness (QED) is 0.587. The van der Waals surface area contributed by atoms with E-state index in [-0.39, 0.29) is 12.2 Å². The van der Waals surface area contributed by atoms with Gasteiger partial charge in [0.15, 0.2) is 0 Å². The molecule has 0 aromatic heterocycles. The third kappa shape index (κ3) is 8.77. The maximum absolute atomic E-state index is 10.4. The largest absolute Gasteiger partial charge is 0.508 e. The average molecular weight is 289 g/mol. The zero-order valence-corrected chi connectivity index (χ0v) is 10.7. The summed E-state index contributed by atoms with van der Waals surface area (Å²) < 4.78 is 26.6. The van der Waals surface area contributed by atoms with Gasteiger partial charge in [-0.1, -0.05) is 18.7 Å². The summed E-state index contributed by atoms with van der Waals surface area (Å²) in [6.07, 6.45) is 0.273. The number of benzene rings is 1. The van der Waals surface area contributed by atoms with Crippen molar-refractivity contribution in [1.29, 1.82) is 0 Å². The van der Waals surface area contributed by atoms with Gasteiger partial charge < -0.3 is 15.9 Å².